The molecule has 0 aliphatic heterocycles. The molecule has 1 amide bonds. The molecule has 0 heterocycles. The number of nitrogens with two attached hydrogens (primary N) is 1. The quantitative estimate of drug-likeness (QED) is 0.761. The van der Waals surface area contributed by atoms with Crippen LogP contribution in [0.5, 0.6) is 5.75 Å². The first-order valence-electron chi connectivity index (χ1n) is 6.95. The van der Waals surface area contributed by atoms with E-state index in [4.69, 9.17) is 22.1 Å². The summed E-state index contributed by atoms with van der Waals surface area (Å²) in [7, 11) is 0. The van der Waals surface area contributed by atoms with Crippen molar-refractivity contribution >= 4 is 17.5 Å². The lowest BCUT2D eigenvalue weighted by molar-refractivity contribution is -0.127. The first-order chi connectivity index (χ1) is 9.45. The highest BCUT2D eigenvalue weighted by molar-refractivity contribution is 6.30. The molecule has 0 bridgehead atoms. The van der Waals surface area contributed by atoms with E-state index < -0.39 is 6.10 Å². The van der Waals surface area contributed by atoms with Crippen LogP contribution in [0.15, 0.2) is 18.2 Å². The van der Waals surface area contributed by atoms with Crippen molar-refractivity contribution in [2.45, 2.75) is 45.8 Å². The fourth-order valence-corrected chi connectivity index (χ4v) is 1.94. The lowest BCUT2D eigenvalue weighted by Gasteiger charge is -2.19. The Labute approximate surface area is 125 Å². The molecule has 112 valence electrons. The second-order valence-electron chi connectivity index (χ2n) is 4.88. The van der Waals surface area contributed by atoms with Gasteiger partial charge in [0.05, 0.1) is 0 Å². The van der Waals surface area contributed by atoms with Crippen molar-refractivity contribution in [3.05, 3.63) is 28.8 Å². The van der Waals surface area contributed by atoms with Gasteiger partial charge in [0.1, 0.15) is 5.75 Å². The highest BCUT2D eigenvalue weighted by atomic mass is 35.5. The van der Waals surface area contributed by atoms with E-state index in [2.05, 4.69) is 12.2 Å². The third-order valence-corrected chi connectivity index (χ3v) is 3.20. The zero-order chi connectivity index (χ0) is 15.1. The number of ether oxygens (including phenoxy) is 1. The summed E-state index contributed by atoms with van der Waals surface area (Å²) in [5.41, 5.74) is 6.69. The largest absolute Gasteiger partial charge is 0.481 e. The maximum absolute atomic E-state index is 11.9. The van der Waals surface area contributed by atoms with Gasteiger partial charge in [-0.1, -0.05) is 24.9 Å². The summed E-state index contributed by atoms with van der Waals surface area (Å²) in [5, 5.41) is 3.44. The molecule has 1 unspecified atom stereocenters. The Morgan fingerprint density at radius 2 is 2.15 bits per heavy atom. The maximum atomic E-state index is 11.9. The fraction of sp³-hybridized carbons (Fsp3) is 0.533. The monoisotopic (exact) mass is 298 g/mol. The summed E-state index contributed by atoms with van der Waals surface area (Å²) in [6.45, 7) is 6.32. The molecule has 0 aliphatic carbocycles. The Balaban J connectivity index is 2.70. The van der Waals surface area contributed by atoms with E-state index in [-0.39, 0.29) is 11.9 Å². The Bertz CT molecular complexity index is 449. The standard InChI is InChI=1S/C15H23ClN2O2/c1-4-5-8-18-15(19)11(3)20-14-7-6-12(16)9-13(14)10(2)17/h6-7,9-11H,4-5,8,17H2,1-3H3,(H,18,19)/t10-,11?/m1/s1. The van der Waals surface area contributed by atoms with E-state index in [1.165, 1.54) is 0 Å². The number of benzene rings is 1. The molecular weight excluding hydrogens is 276 g/mol. The van der Waals surface area contributed by atoms with Crippen molar-refractivity contribution in [1.82, 2.24) is 5.32 Å². The lowest BCUT2D eigenvalue weighted by Crippen LogP contribution is -2.37. The van der Waals surface area contributed by atoms with E-state index in [0.717, 1.165) is 18.4 Å². The summed E-state index contributed by atoms with van der Waals surface area (Å²) in [4.78, 5) is 11.9. The number of rotatable bonds is 7. The van der Waals surface area contributed by atoms with Crippen molar-refractivity contribution in [3.63, 3.8) is 0 Å². The third-order valence-electron chi connectivity index (χ3n) is 2.96. The minimum absolute atomic E-state index is 0.121. The second kappa shape index (κ2) is 8.12. The molecule has 20 heavy (non-hydrogen) atoms. The number of hydrogen-bond acceptors (Lipinski definition) is 3. The smallest absolute Gasteiger partial charge is 0.260 e. The molecule has 0 aliphatic rings. The number of halogens is 1. The van der Waals surface area contributed by atoms with Crippen molar-refractivity contribution < 1.29 is 9.53 Å². The van der Waals surface area contributed by atoms with Crippen molar-refractivity contribution in [3.8, 4) is 5.75 Å². The Morgan fingerprint density at radius 3 is 2.75 bits per heavy atom. The molecule has 0 saturated heterocycles. The number of hydrogen-bond donors (Lipinski definition) is 2. The first kappa shape index (κ1) is 16.8. The highest BCUT2D eigenvalue weighted by Gasteiger charge is 2.17. The Kier molecular flexibility index (Phi) is 6.82. The number of carbonyl (C=O) groups is 1. The number of carbonyl (C=O) groups excluding carboxylic acids is 1. The number of unbranched alkanes of at least 4 members (excludes halogenated alkanes) is 1. The van der Waals surface area contributed by atoms with Gasteiger partial charge in [0.25, 0.3) is 5.91 Å². The van der Waals surface area contributed by atoms with Gasteiger partial charge in [0, 0.05) is 23.2 Å². The minimum Gasteiger partial charge on any atom is -0.481 e. The van der Waals surface area contributed by atoms with Crippen LogP contribution >= 0.6 is 11.6 Å². The van der Waals surface area contributed by atoms with E-state index in [0.29, 0.717) is 17.3 Å². The normalized spacial score (nSPS) is 13.7. The summed E-state index contributed by atoms with van der Waals surface area (Å²) < 4.78 is 5.70. The number of nitrogens with one attached hydrogen (secondary N) is 1. The van der Waals surface area contributed by atoms with Crippen molar-refractivity contribution in [2.75, 3.05) is 6.54 Å². The molecule has 0 fully saturated rings. The van der Waals surface area contributed by atoms with E-state index >= 15 is 0 Å². The van der Waals surface area contributed by atoms with Crippen LogP contribution in [0.4, 0.5) is 0 Å². The second-order valence-corrected chi connectivity index (χ2v) is 5.31. The van der Waals surface area contributed by atoms with Gasteiger partial charge in [-0.3, -0.25) is 4.79 Å². The molecule has 1 rings (SSSR count). The van der Waals surface area contributed by atoms with E-state index in [9.17, 15) is 4.79 Å². The van der Waals surface area contributed by atoms with Crippen LogP contribution in [-0.2, 0) is 4.79 Å². The molecule has 4 nitrogen and oxygen atoms in total. The average molecular weight is 299 g/mol. The zero-order valence-electron chi connectivity index (χ0n) is 12.3. The van der Waals surface area contributed by atoms with Crippen LogP contribution in [0.2, 0.25) is 5.02 Å². The minimum atomic E-state index is -0.564. The maximum Gasteiger partial charge on any atom is 0.260 e. The van der Waals surface area contributed by atoms with Crippen LogP contribution in [0.3, 0.4) is 0 Å². The highest BCUT2D eigenvalue weighted by Crippen LogP contribution is 2.28. The topological polar surface area (TPSA) is 64.3 Å². The van der Waals surface area contributed by atoms with Crippen molar-refractivity contribution in [2.24, 2.45) is 5.73 Å². The van der Waals surface area contributed by atoms with Gasteiger partial charge < -0.3 is 15.8 Å². The molecule has 1 aromatic carbocycles. The van der Waals surface area contributed by atoms with Gasteiger partial charge in [-0.25, -0.2) is 0 Å². The van der Waals surface area contributed by atoms with Gasteiger partial charge >= 0.3 is 0 Å². The molecule has 0 spiro atoms. The molecule has 5 heteroatoms. The molecule has 2 atom stereocenters. The zero-order valence-corrected chi connectivity index (χ0v) is 13.0. The predicted molar refractivity (Wildman–Crippen MR) is 82.1 cm³/mol. The summed E-state index contributed by atoms with van der Waals surface area (Å²) >= 11 is 5.95. The van der Waals surface area contributed by atoms with Gasteiger partial charge in [0.15, 0.2) is 6.10 Å². The van der Waals surface area contributed by atoms with Gasteiger partial charge in [-0.2, -0.15) is 0 Å². The third kappa shape index (κ3) is 5.02. The van der Waals surface area contributed by atoms with Crippen LogP contribution in [0, 0.1) is 0 Å². The Hall–Kier alpha value is -1.26. The Morgan fingerprint density at radius 1 is 1.45 bits per heavy atom. The number of amides is 1. The summed E-state index contributed by atoms with van der Waals surface area (Å²) in [6.07, 6.45) is 1.44. The van der Waals surface area contributed by atoms with Crippen LogP contribution in [0.25, 0.3) is 0 Å². The van der Waals surface area contributed by atoms with E-state index in [1.807, 2.05) is 6.92 Å². The molecule has 3 N–H and O–H groups in total. The van der Waals surface area contributed by atoms with Gasteiger partial charge in [0.2, 0.25) is 0 Å². The fourth-order valence-electron chi connectivity index (χ4n) is 1.76. The molecule has 0 saturated carbocycles. The SMILES string of the molecule is CCCCNC(=O)C(C)Oc1ccc(Cl)cc1[C@@H](C)N. The predicted octanol–water partition coefficient (Wildman–Crippen LogP) is 3.04. The van der Waals surface area contributed by atoms with Crippen LogP contribution < -0.4 is 15.8 Å². The lowest BCUT2D eigenvalue weighted by atomic mass is 10.1. The first-order valence-corrected chi connectivity index (χ1v) is 7.32. The van der Waals surface area contributed by atoms with E-state index in [1.54, 1.807) is 25.1 Å². The molecule has 0 radical (unpaired) electrons. The molecule has 0 aromatic heterocycles. The summed E-state index contributed by atoms with van der Waals surface area (Å²) in [5.74, 6) is 0.478. The van der Waals surface area contributed by atoms with Gasteiger partial charge in [-0.05, 0) is 38.5 Å². The van der Waals surface area contributed by atoms with Crippen LogP contribution in [-0.4, -0.2) is 18.6 Å². The van der Waals surface area contributed by atoms with Crippen molar-refractivity contribution in [1.29, 1.82) is 0 Å². The molecular formula is C15H23ClN2O2. The van der Waals surface area contributed by atoms with Crippen LogP contribution in [0.1, 0.15) is 45.2 Å². The molecule has 1 aromatic rings. The summed E-state index contributed by atoms with van der Waals surface area (Å²) in [6, 6.07) is 5.03. The van der Waals surface area contributed by atoms with Gasteiger partial charge in [-0.15, -0.1) is 0 Å². The average Bonchev–Trinajstić information content (AvgIpc) is 2.40.